The maximum atomic E-state index is 10.1. The molecule has 0 atom stereocenters. The molecule has 2 heterocycles. The second kappa shape index (κ2) is 2.65. The van der Waals surface area contributed by atoms with E-state index in [-0.39, 0.29) is 0 Å². The second-order valence-corrected chi connectivity index (χ2v) is 2.18. The topological polar surface area (TPSA) is 52.3 Å². The van der Waals surface area contributed by atoms with Crippen molar-refractivity contribution < 1.29 is 13.9 Å². The van der Waals surface area contributed by atoms with Crippen LogP contribution in [-0.4, -0.2) is 11.5 Å². The lowest BCUT2D eigenvalue weighted by Crippen LogP contribution is -1.89. The molecule has 2 aromatic rings. The summed E-state index contributed by atoms with van der Waals surface area (Å²) in [4.78, 5) is 13.9. The summed E-state index contributed by atoms with van der Waals surface area (Å²) >= 11 is 0. The van der Waals surface area contributed by atoms with Crippen molar-refractivity contribution in [2.24, 2.45) is 0 Å². The Bertz CT molecular complexity index is 407. The second-order valence-electron chi connectivity index (χ2n) is 2.18. The third-order valence-corrected chi connectivity index (χ3v) is 1.52. The number of ether oxygens (including phenoxy) is 1. The SMILES string of the molecule is O=COc1cncc2occc12. The van der Waals surface area contributed by atoms with Crippen LogP contribution in [0.5, 0.6) is 5.75 Å². The van der Waals surface area contributed by atoms with E-state index < -0.39 is 0 Å². The molecule has 0 fully saturated rings. The van der Waals surface area contributed by atoms with Crippen LogP contribution in [0, 0.1) is 0 Å². The zero-order valence-corrected chi connectivity index (χ0v) is 6.06. The Kier molecular flexibility index (Phi) is 1.51. The molecule has 2 aromatic heterocycles. The van der Waals surface area contributed by atoms with Gasteiger partial charge in [0.25, 0.3) is 6.47 Å². The Hall–Kier alpha value is -1.84. The molecule has 0 saturated heterocycles. The monoisotopic (exact) mass is 163 g/mol. The van der Waals surface area contributed by atoms with Crippen LogP contribution in [0.2, 0.25) is 0 Å². The summed E-state index contributed by atoms with van der Waals surface area (Å²) in [6.45, 7) is 0.365. The fourth-order valence-corrected chi connectivity index (χ4v) is 1.01. The average Bonchev–Trinajstić information content (AvgIpc) is 2.53. The Morgan fingerprint density at radius 3 is 3.25 bits per heavy atom. The van der Waals surface area contributed by atoms with Crippen LogP contribution < -0.4 is 4.74 Å². The first-order valence-corrected chi connectivity index (χ1v) is 3.33. The quantitative estimate of drug-likeness (QED) is 0.627. The molecule has 4 heteroatoms. The van der Waals surface area contributed by atoms with Gasteiger partial charge in [-0.2, -0.15) is 0 Å². The van der Waals surface area contributed by atoms with E-state index in [2.05, 4.69) is 9.72 Å². The molecule has 0 N–H and O–H groups in total. The highest BCUT2D eigenvalue weighted by atomic mass is 16.5. The van der Waals surface area contributed by atoms with Gasteiger partial charge in [-0.05, 0) is 6.07 Å². The van der Waals surface area contributed by atoms with Crippen LogP contribution in [0.15, 0.2) is 29.1 Å². The summed E-state index contributed by atoms with van der Waals surface area (Å²) in [5.74, 6) is 0.413. The molecule has 0 radical (unpaired) electrons. The normalized spacial score (nSPS) is 10.0. The smallest absolute Gasteiger partial charge is 0.298 e. The maximum absolute atomic E-state index is 10.1. The third kappa shape index (κ3) is 0.934. The van der Waals surface area contributed by atoms with Crippen LogP contribution in [0.25, 0.3) is 11.0 Å². The maximum Gasteiger partial charge on any atom is 0.298 e. The molecule has 0 saturated carbocycles. The summed E-state index contributed by atoms with van der Waals surface area (Å²) in [5, 5.41) is 0.747. The van der Waals surface area contributed by atoms with Gasteiger partial charge >= 0.3 is 0 Å². The first kappa shape index (κ1) is 6.84. The van der Waals surface area contributed by atoms with E-state index in [0.717, 1.165) is 5.39 Å². The molecule has 0 unspecified atom stereocenters. The van der Waals surface area contributed by atoms with Gasteiger partial charge in [-0.1, -0.05) is 0 Å². The van der Waals surface area contributed by atoms with E-state index >= 15 is 0 Å². The van der Waals surface area contributed by atoms with Gasteiger partial charge in [-0.15, -0.1) is 0 Å². The van der Waals surface area contributed by atoms with Crippen molar-refractivity contribution in [1.29, 1.82) is 0 Å². The number of hydrogen-bond acceptors (Lipinski definition) is 4. The molecule has 12 heavy (non-hydrogen) atoms. The van der Waals surface area contributed by atoms with Crippen LogP contribution in [0.4, 0.5) is 0 Å². The van der Waals surface area contributed by atoms with Gasteiger partial charge in [0.2, 0.25) is 0 Å². The number of nitrogens with zero attached hydrogens (tertiary/aromatic N) is 1. The predicted molar refractivity (Wildman–Crippen MR) is 40.7 cm³/mol. The molecular weight excluding hydrogens is 158 g/mol. The zero-order chi connectivity index (χ0) is 8.39. The fourth-order valence-electron chi connectivity index (χ4n) is 1.01. The molecule has 0 aromatic carbocycles. The summed E-state index contributed by atoms with van der Waals surface area (Å²) in [5.41, 5.74) is 0.606. The highest BCUT2D eigenvalue weighted by Crippen LogP contribution is 2.24. The predicted octanol–water partition coefficient (Wildman–Crippen LogP) is 1.36. The first-order valence-electron chi connectivity index (χ1n) is 3.33. The third-order valence-electron chi connectivity index (χ3n) is 1.52. The van der Waals surface area contributed by atoms with Gasteiger partial charge in [-0.3, -0.25) is 9.78 Å². The van der Waals surface area contributed by atoms with Gasteiger partial charge in [0.1, 0.15) is 0 Å². The average molecular weight is 163 g/mol. The minimum Gasteiger partial charge on any atom is -0.463 e. The molecule has 0 amide bonds. The Morgan fingerprint density at radius 1 is 1.50 bits per heavy atom. The summed E-state index contributed by atoms with van der Waals surface area (Å²) < 4.78 is 9.72. The van der Waals surface area contributed by atoms with E-state index in [1.54, 1.807) is 12.3 Å². The zero-order valence-electron chi connectivity index (χ0n) is 6.06. The van der Waals surface area contributed by atoms with Crippen molar-refractivity contribution in [2.45, 2.75) is 0 Å². The molecular formula is C8H5NO3. The van der Waals surface area contributed by atoms with Crippen molar-refractivity contribution >= 4 is 17.4 Å². The number of pyridine rings is 1. The minimum atomic E-state index is 0.365. The summed E-state index contributed by atoms with van der Waals surface area (Å²) in [7, 11) is 0. The number of furan rings is 1. The number of fused-ring (bicyclic) bond motifs is 1. The Balaban J connectivity index is 2.65. The van der Waals surface area contributed by atoms with Crippen molar-refractivity contribution in [3.63, 3.8) is 0 Å². The van der Waals surface area contributed by atoms with E-state index in [9.17, 15) is 4.79 Å². The number of carbonyl (C=O) groups is 1. The van der Waals surface area contributed by atoms with E-state index in [1.807, 2.05) is 0 Å². The van der Waals surface area contributed by atoms with E-state index in [1.165, 1.54) is 12.5 Å². The fraction of sp³-hybridized carbons (Fsp3) is 0. The molecule has 0 aliphatic rings. The standard InChI is InChI=1S/C8H5NO3/c10-5-12-8-4-9-3-7-6(8)1-2-11-7/h1-5H. The van der Waals surface area contributed by atoms with Gasteiger partial charge < -0.3 is 9.15 Å². The van der Waals surface area contributed by atoms with Gasteiger partial charge in [0.05, 0.1) is 24.0 Å². The van der Waals surface area contributed by atoms with Crippen molar-refractivity contribution in [1.82, 2.24) is 4.98 Å². The summed E-state index contributed by atoms with van der Waals surface area (Å²) in [6.07, 6.45) is 4.54. The van der Waals surface area contributed by atoms with Gasteiger partial charge in [0.15, 0.2) is 11.3 Å². The Labute approximate surface area is 67.8 Å². The van der Waals surface area contributed by atoms with Crippen LogP contribution in [0.3, 0.4) is 0 Å². The van der Waals surface area contributed by atoms with Gasteiger partial charge in [-0.25, -0.2) is 0 Å². The van der Waals surface area contributed by atoms with Gasteiger partial charge in [0, 0.05) is 0 Å². The number of rotatable bonds is 2. The minimum absolute atomic E-state index is 0.365. The first-order chi connectivity index (χ1) is 5.92. The largest absolute Gasteiger partial charge is 0.463 e. The van der Waals surface area contributed by atoms with Crippen LogP contribution in [-0.2, 0) is 4.79 Å². The Morgan fingerprint density at radius 2 is 2.42 bits per heavy atom. The lowest BCUT2D eigenvalue weighted by atomic mass is 10.3. The highest BCUT2D eigenvalue weighted by molar-refractivity contribution is 5.83. The number of hydrogen-bond donors (Lipinski definition) is 0. The lowest BCUT2D eigenvalue weighted by molar-refractivity contribution is -0.120. The van der Waals surface area contributed by atoms with E-state index in [4.69, 9.17) is 4.42 Å². The van der Waals surface area contributed by atoms with Crippen molar-refractivity contribution in [2.75, 3.05) is 0 Å². The number of carbonyl (C=O) groups excluding carboxylic acids is 1. The summed E-state index contributed by atoms with van der Waals surface area (Å²) in [6, 6.07) is 1.72. The molecule has 0 spiro atoms. The van der Waals surface area contributed by atoms with Crippen LogP contribution >= 0.6 is 0 Å². The molecule has 4 nitrogen and oxygen atoms in total. The number of aromatic nitrogens is 1. The molecule has 60 valence electrons. The molecule has 0 bridgehead atoms. The lowest BCUT2D eigenvalue weighted by Gasteiger charge is -1.95. The van der Waals surface area contributed by atoms with Crippen molar-refractivity contribution in [3.8, 4) is 5.75 Å². The van der Waals surface area contributed by atoms with E-state index in [0.29, 0.717) is 17.8 Å². The van der Waals surface area contributed by atoms with Crippen molar-refractivity contribution in [3.05, 3.63) is 24.7 Å². The molecule has 0 aliphatic heterocycles. The molecule has 0 aliphatic carbocycles. The van der Waals surface area contributed by atoms with Crippen LogP contribution in [0.1, 0.15) is 0 Å². The highest BCUT2D eigenvalue weighted by Gasteiger charge is 2.03. The molecule has 2 rings (SSSR count).